The smallest absolute Gasteiger partial charge is 0.396 e. The molecule has 0 aromatic carbocycles. The third kappa shape index (κ3) is 4.48. The number of aromatic nitrogens is 2. The number of aliphatic hydroxyl groups excluding tert-OH is 1. The van der Waals surface area contributed by atoms with Crippen molar-refractivity contribution in [2.24, 2.45) is 0 Å². The van der Waals surface area contributed by atoms with Crippen molar-refractivity contribution >= 4 is 0 Å². The molecule has 7 heteroatoms. The number of alkyl halides is 3. The lowest BCUT2D eigenvalue weighted by molar-refractivity contribution is -0.142. The molecular formula is C11H15F3N2O2. The van der Waals surface area contributed by atoms with Crippen LogP contribution < -0.4 is 5.56 Å². The van der Waals surface area contributed by atoms with Gasteiger partial charge in [0.1, 0.15) is 0 Å². The van der Waals surface area contributed by atoms with Crippen molar-refractivity contribution in [3.63, 3.8) is 0 Å². The minimum atomic E-state index is -4.54. The predicted molar refractivity (Wildman–Crippen MR) is 59.1 cm³/mol. The van der Waals surface area contributed by atoms with Gasteiger partial charge in [0.15, 0.2) is 5.69 Å². The molecule has 0 bridgehead atoms. The van der Waals surface area contributed by atoms with Crippen molar-refractivity contribution in [1.29, 1.82) is 0 Å². The van der Waals surface area contributed by atoms with Crippen molar-refractivity contribution in [3.8, 4) is 0 Å². The third-order valence-corrected chi connectivity index (χ3v) is 2.44. The Morgan fingerprint density at radius 3 is 2.44 bits per heavy atom. The summed E-state index contributed by atoms with van der Waals surface area (Å²) < 4.78 is 38.0. The number of unbranched alkanes of at least 4 members (excludes halogenated alkanes) is 3. The molecule has 0 aliphatic rings. The molecule has 0 amide bonds. The highest BCUT2D eigenvalue weighted by Crippen LogP contribution is 2.26. The SMILES string of the molecule is O=c1ccc(C(F)(F)F)nn1CCCCCCO. The summed E-state index contributed by atoms with van der Waals surface area (Å²) in [4.78, 5) is 11.3. The van der Waals surface area contributed by atoms with Crippen LogP contribution in [0.2, 0.25) is 0 Å². The number of halogens is 3. The molecule has 0 saturated heterocycles. The van der Waals surface area contributed by atoms with Gasteiger partial charge >= 0.3 is 6.18 Å². The van der Waals surface area contributed by atoms with E-state index in [1.807, 2.05) is 0 Å². The first kappa shape index (κ1) is 14.7. The molecule has 4 nitrogen and oxygen atoms in total. The van der Waals surface area contributed by atoms with E-state index in [1.54, 1.807) is 0 Å². The van der Waals surface area contributed by atoms with Crippen LogP contribution in [0.4, 0.5) is 13.2 Å². The average molecular weight is 264 g/mol. The van der Waals surface area contributed by atoms with Crippen LogP contribution in [-0.2, 0) is 12.7 Å². The maximum atomic E-state index is 12.4. The fraction of sp³-hybridized carbons (Fsp3) is 0.636. The van der Waals surface area contributed by atoms with Gasteiger partial charge in [-0.15, -0.1) is 0 Å². The van der Waals surface area contributed by atoms with Gasteiger partial charge in [-0.2, -0.15) is 18.3 Å². The van der Waals surface area contributed by atoms with Crippen LogP contribution in [0, 0.1) is 0 Å². The molecule has 0 saturated carbocycles. The zero-order valence-electron chi connectivity index (χ0n) is 9.78. The monoisotopic (exact) mass is 264 g/mol. The number of nitrogens with zero attached hydrogens (tertiary/aromatic N) is 2. The van der Waals surface area contributed by atoms with E-state index in [-0.39, 0.29) is 13.2 Å². The van der Waals surface area contributed by atoms with Crippen molar-refractivity contribution < 1.29 is 18.3 Å². The number of aryl methyl sites for hydroxylation is 1. The normalized spacial score (nSPS) is 11.8. The molecule has 0 aliphatic heterocycles. The molecule has 1 aromatic heterocycles. The maximum Gasteiger partial charge on any atom is 0.435 e. The molecule has 0 spiro atoms. The van der Waals surface area contributed by atoms with Gasteiger partial charge in [0.05, 0.1) is 0 Å². The Hall–Kier alpha value is -1.37. The first-order chi connectivity index (χ1) is 8.45. The lowest BCUT2D eigenvalue weighted by Gasteiger charge is -2.09. The minimum absolute atomic E-state index is 0.0990. The first-order valence-corrected chi connectivity index (χ1v) is 5.71. The van der Waals surface area contributed by atoms with Gasteiger partial charge in [-0.25, -0.2) is 4.68 Å². The van der Waals surface area contributed by atoms with E-state index in [9.17, 15) is 18.0 Å². The largest absolute Gasteiger partial charge is 0.435 e. The van der Waals surface area contributed by atoms with Crippen molar-refractivity contribution in [2.45, 2.75) is 38.4 Å². The zero-order chi connectivity index (χ0) is 13.6. The molecule has 0 unspecified atom stereocenters. The average Bonchev–Trinajstić information content (AvgIpc) is 2.29. The quantitative estimate of drug-likeness (QED) is 0.797. The van der Waals surface area contributed by atoms with Crippen LogP contribution in [0.5, 0.6) is 0 Å². The summed E-state index contributed by atoms with van der Waals surface area (Å²) in [7, 11) is 0. The Morgan fingerprint density at radius 1 is 1.17 bits per heavy atom. The molecule has 0 atom stereocenters. The molecule has 0 fully saturated rings. The summed E-state index contributed by atoms with van der Waals surface area (Å²) in [5.74, 6) is 0. The Morgan fingerprint density at radius 2 is 1.83 bits per heavy atom. The van der Waals surface area contributed by atoms with E-state index >= 15 is 0 Å². The number of hydrogen-bond acceptors (Lipinski definition) is 3. The molecule has 1 heterocycles. The fourth-order valence-corrected chi connectivity index (χ4v) is 1.49. The van der Waals surface area contributed by atoms with Gasteiger partial charge in [0.2, 0.25) is 0 Å². The second-order valence-corrected chi connectivity index (χ2v) is 3.92. The van der Waals surface area contributed by atoms with Gasteiger partial charge in [-0.05, 0) is 18.9 Å². The summed E-state index contributed by atoms with van der Waals surface area (Å²) >= 11 is 0. The molecule has 1 aromatic rings. The van der Waals surface area contributed by atoms with Gasteiger partial charge < -0.3 is 5.11 Å². The van der Waals surface area contributed by atoms with Crippen LogP contribution in [-0.4, -0.2) is 21.5 Å². The highest BCUT2D eigenvalue weighted by Gasteiger charge is 2.33. The highest BCUT2D eigenvalue weighted by atomic mass is 19.4. The van der Waals surface area contributed by atoms with Crippen molar-refractivity contribution in [2.75, 3.05) is 6.61 Å². The molecule has 0 radical (unpaired) electrons. The Balaban J connectivity index is 2.62. The van der Waals surface area contributed by atoms with Crippen LogP contribution >= 0.6 is 0 Å². The predicted octanol–water partition coefficient (Wildman–Crippen LogP) is 1.81. The molecule has 1 rings (SSSR count). The molecular weight excluding hydrogens is 249 g/mol. The van der Waals surface area contributed by atoms with E-state index in [2.05, 4.69) is 5.10 Å². The number of rotatable bonds is 6. The number of aliphatic hydroxyl groups is 1. The maximum absolute atomic E-state index is 12.4. The van der Waals surface area contributed by atoms with E-state index in [0.717, 1.165) is 23.6 Å². The van der Waals surface area contributed by atoms with E-state index in [0.29, 0.717) is 18.9 Å². The summed E-state index contributed by atoms with van der Waals surface area (Å²) in [6.07, 6.45) is -1.79. The van der Waals surface area contributed by atoms with Crippen molar-refractivity contribution in [3.05, 3.63) is 28.2 Å². The van der Waals surface area contributed by atoms with Gasteiger partial charge in [0, 0.05) is 19.2 Å². The van der Waals surface area contributed by atoms with Gasteiger partial charge in [-0.1, -0.05) is 12.8 Å². The summed E-state index contributed by atoms with van der Waals surface area (Å²) in [6.45, 7) is 0.260. The van der Waals surface area contributed by atoms with Crippen LogP contribution in [0.3, 0.4) is 0 Å². The van der Waals surface area contributed by atoms with Gasteiger partial charge in [-0.3, -0.25) is 4.79 Å². The molecule has 0 aliphatic carbocycles. The molecule has 102 valence electrons. The van der Waals surface area contributed by atoms with Crippen LogP contribution in [0.1, 0.15) is 31.4 Å². The second kappa shape index (κ2) is 6.53. The summed E-state index contributed by atoms with van der Waals surface area (Å²) in [5.41, 5.74) is -1.59. The topological polar surface area (TPSA) is 55.1 Å². The van der Waals surface area contributed by atoms with E-state index in [4.69, 9.17) is 5.11 Å². The van der Waals surface area contributed by atoms with Gasteiger partial charge in [0.25, 0.3) is 5.56 Å². The third-order valence-electron chi connectivity index (χ3n) is 2.44. The zero-order valence-corrected chi connectivity index (χ0v) is 9.78. The molecule has 18 heavy (non-hydrogen) atoms. The van der Waals surface area contributed by atoms with E-state index in [1.165, 1.54) is 0 Å². The molecule has 1 N–H and O–H groups in total. The lowest BCUT2D eigenvalue weighted by atomic mass is 10.2. The second-order valence-electron chi connectivity index (χ2n) is 3.92. The Bertz CT molecular complexity index is 429. The standard InChI is InChI=1S/C11H15F3N2O2/c12-11(13,14)9-5-6-10(18)16(15-9)7-3-1-2-4-8-17/h5-6,17H,1-4,7-8H2. The Labute approximate surface area is 102 Å². The highest BCUT2D eigenvalue weighted by molar-refractivity contribution is 5.04. The summed E-state index contributed by atoms with van der Waals surface area (Å²) in [5, 5.41) is 11.9. The lowest BCUT2D eigenvalue weighted by Crippen LogP contribution is -2.25. The van der Waals surface area contributed by atoms with Crippen LogP contribution in [0.15, 0.2) is 16.9 Å². The Kier molecular flexibility index (Phi) is 5.33. The summed E-state index contributed by atoms with van der Waals surface area (Å²) in [6, 6.07) is 1.56. The fourth-order valence-electron chi connectivity index (χ4n) is 1.49. The van der Waals surface area contributed by atoms with Crippen molar-refractivity contribution in [1.82, 2.24) is 9.78 Å². The van der Waals surface area contributed by atoms with Crippen LogP contribution in [0.25, 0.3) is 0 Å². The van der Waals surface area contributed by atoms with E-state index < -0.39 is 17.4 Å². The minimum Gasteiger partial charge on any atom is -0.396 e. The number of hydrogen-bond donors (Lipinski definition) is 1. The first-order valence-electron chi connectivity index (χ1n) is 5.71.